The van der Waals surface area contributed by atoms with Gasteiger partial charge in [0.2, 0.25) is 0 Å². The second-order valence-electron chi connectivity index (χ2n) is 2.26. The van der Waals surface area contributed by atoms with Crippen LogP contribution in [0.4, 0.5) is 8.78 Å². The van der Waals surface area contributed by atoms with Gasteiger partial charge in [-0.3, -0.25) is 0 Å². The standard InChI is InChI=1S/C9H6F2N/c10-9(11)8(6-12)7-4-2-1-3-5-7/h1-5,8H. The Balaban J connectivity index is 2.90. The lowest BCUT2D eigenvalue weighted by atomic mass is 10.0. The van der Waals surface area contributed by atoms with Crippen LogP contribution in [-0.2, 0) is 0 Å². The monoisotopic (exact) mass is 166 g/mol. The molecule has 1 atom stereocenters. The third-order valence-electron chi connectivity index (χ3n) is 1.48. The van der Waals surface area contributed by atoms with E-state index in [4.69, 9.17) is 5.26 Å². The molecule has 1 aromatic rings. The van der Waals surface area contributed by atoms with Gasteiger partial charge in [-0.15, -0.1) is 0 Å². The highest BCUT2D eigenvalue weighted by atomic mass is 19.3. The second kappa shape index (κ2) is 3.82. The SMILES string of the molecule is N#CC([C](F)F)c1ccccc1. The first kappa shape index (κ1) is 8.66. The molecule has 0 saturated heterocycles. The van der Waals surface area contributed by atoms with Gasteiger partial charge in [-0.05, 0) is 5.56 Å². The number of benzene rings is 1. The number of hydrogen-bond acceptors (Lipinski definition) is 1. The minimum Gasteiger partial charge on any atom is -0.198 e. The highest BCUT2D eigenvalue weighted by Crippen LogP contribution is 2.27. The van der Waals surface area contributed by atoms with Crippen LogP contribution in [-0.4, -0.2) is 0 Å². The minimum atomic E-state index is -1.86. The normalized spacial score (nSPS) is 12.5. The van der Waals surface area contributed by atoms with Crippen LogP contribution in [0.15, 0.2) is 30.3 Å². The summed E-state index contributed by atoms with van der Waals surface area (Å²) in [5.74, 6) is -1.38. The van der Waals surface area contributed by atoms with Gasteiger partial charge in [0.25, 0.3) is 0 Å². The Morgan fingerprint density at radius 2 is 1.83 bits per heavy atom. The van der Waals surface area contributed by atoms with E-state index < -0.39 is 12.3 Å². The third kappa shape index (κ3) is 1.79. The van der Waals surface area contributed by atoms with Crippen molar-refractivity contribution in [3.63, 3.8) is 0 Å². The lowest BCUT2D eigenvalue weighted by Gasteiger charge is -2.04. The maximum absolute atomic E-state index is 12.1. The van der Waals surface area contributed by atoms with Gasteiger partial charge in [-0.2, -0.15) is 14.0 Å². The zero-order valence-corrected chi connectivity index (χ0v) is 6.17. The summed E-state index contributed by atoms with van der Waals surface area (Å²) in [6.07, 6.45) is -1.86. The molecule has 1 rings (SSSR count). The van der Waals surface area contributed by atoms with E-state index in [1.807, 2.05) is 0 Å². The van der Waals surface area contributed by atoms with Crippen molar-refractivity contribution in [1.82, 2.24) is 0 Å². The summed E-state index contributed by atoms with van der Waals surface area (Å²) in [5.41, 5.74) is 0.333. The number of nitriles is 1. The lowest BCUT2D eigenvalue weighted by molar-refractivity contribution is 0.267. The molecule has 0 spiro atoms. The molecule has 0 saturated carbocycles. The maximum atomic E-state index is 12.1. The molecule has 0 N–H and O–H groups in total. The van der Waals surface area contributed by atoms with E-state index in [9.17, 15) is 8.78 Å². The van der Waals surface area contributed by atoms with E-state index >= 15 is 0 Å². The first-order valence-corrected chi connectivity index (χ1v) is 3.38. The summed E-state index contributed by atoms with van der Waals surface area (Å²) in [5, 5.41) is 8.40. The van der Waals surface area contributed by atoms with Crippen molar-refractivity contribution >= 4 is 0 Å². The zero-order valence-electron chi connectivity index (χ0n) is 6.17. The quantitative estimate of drug-likeness (QED) is 0.662. The molecule has 0 fully saturated rings. The van der Waals surface area contributed by atoms with Crippen LogP contribution in [0.3, 0.4) is 0 Å². The van der Waals surface area contributed by atoms with Crippen LogP contribution in [0.25, 0.3) is 0 Å². The molecule has 12 heavy (non-hydrogen) atoms. The Morgan fingerprint density at radius 3 is 2.25 bits per heavy atom. The molecule has 1 radical (unpaired) electrons. The van der Waals surface area contributed by atoms with Gasteiger partial charge in [0.05, 0.1) is 6.07 Å². The highest BCUT2D eigenvalue weighted by molar-refractivity contribution is 5.28. The van der Waals surface area contributed by atoms with Crippen molar-refractivity contribution in [3.8, 4) is 6.07 Å². The molecule has 0 aliphatic heterocycles. The average Bonchev–Trinajstić information content (AvgIpc) is 2.07. The van der Waals surface area contributed by atoms with Gasteiger partial charge >= 0.3 is 6.43 Å². The van der Waals surface area contributed by atoms with Gasteiger partial charge in [-0.25, -0.2) is 0 Å². The Hall–Kier alpha value is -1.43. The van der Waals surface area contributed by atoms with Gasteiger partial charge in [-0.1, -0.05) is 30.3 Å². The topological polar surface area (TPSA) is 23.8 Å². The average molecular weight is 166 g/mol. The second-order valence-corrected chi connectivity index (χ2v) is 2.26. The lowest BCUT2D eigenvalue weighted by Crippen LogP contribution is -1.98. The van der Waals surface area contributed by atoms with Gasteiger partial charge in [0, 0.05) is 0 Å². The van der Waals surface area contributed by atoms with Crippen molar-refractivity contribution in [2.75, 3.05) is 0 Å². The fraction of sp³-hybridized carbons (Fsp3) is 0.111. The molecule has 0 aliphatic carbocycles. The Morgan fingerprint density at radius 1 is 1.25 bits per heavy atom. The first-order chi connectivity index (χ1) is 5.75. The summed E-state index contributed by atoms with van der Waals surface area (Å²) < 4.78 is 24.2. The number of nitrogens with zero attached hydrogens (tertiary/aromatic N) is 1. The van der Waals surface area contributed by atoms with Crippen molar-refractivity contribution < 1.29 is 8.78 Å². The van der Waals surface area contributed by atoms with E-state index in [1.54, 1.807) is 18.2 Å². The molecule has 1 nitrogen and oxygen atoms in total. The Bertz CT molecular complexity index is 276. The fourth-order valence-electron chi connectivity index (χ4n) is 0.895. The smallest absolute Gasteiger partial charge is 0.198 e. The van der Waals surface area contributed by atoms with Crippen LogP contribution in [0.5, 0.6) is 0 Å². The van der Waals surface area contributed by atoms with Gasteiger partial charge in [0.1, 0.15) is 5.92 Å². The molecular formula is C9H6F2N. The third-order valence-corrected chi connectivity index (χ3v) is 1.48. The van der Waals surface area contributed by atoms with Gasteiger partial charge in [0.15, 0.2) is 0 Å². The molecule has 0 amide bonds. The van der Waals surface area contributed by atoms with Gasteiger partial charge < -0.3 is 0 Å². The molecule has 1 aromatic carbocycles. The number of halogens is 2. The van der Waals surface area contributed by atoms with Crippen molar-refractivity contribution in [1.29, 1.82) is 5.26 Å². The summed E-state index contributed by atoms with van der Waals surface area (Å²) in [4.78, 5) is 0. The van der Waals surface area contributed by atoms with Crippen LogP contribution in [0, 0.1) is 17.8 Å². The zero-order chi connectivity index (χ0) is 8.97. The number of hydrogen-bond donors (Lipinski definition) is 0. The number of rotatable bonds is 2. The first-order valence-electron chi connectivity index (χ1n) is 3.38. The summed E-state index contributed by atoms with van der Waals surface area (Å²) in [6.45, 7) is 0. The predicted octanol–water partition coefficient (Wildman–Crippen LogP) is 2.72. The van der Waals surface area contributed by atoms with E-state index in [0.29, 0.717) is 5.56 Å². The van der Waals surface area contributed by atoms with E-state index in [1.165, 1.54) is 18.2 Å². The fourth-order valence-corrected chi connectivity index (χ4v) is 0.895. The van der Waals surface area contributed by atoms with Crippen molar-refractivity contribution in [2.45, 2.75) is 5.92 Å². The molecule has 0 aromatic heterocycles. The molecule has 1 unspecified atom stereocenters. The van der Waals surface area contributed by atoms with Crippen LogP contribution >= 0.6 is 0 Å². The van der Waals surface area contributed by atoms with Crippen molar-refractivity contribution in [2.24, 2.45) is 0 Å². The van der Waals surface area contributed by atoms with E-state index in [2.05, 4.69) is 0 Å². The molecule has 61 valence electrons. The summed E-state index contributed by atoms with van der Waals surface area (Å²) in [6, 6.07) is 9.52. The molecule has 0 aliphatic rings. The van der Waals surface area contributed by atoms with Crippen LogP contribution in [0.1, 0.15) is 11.5 Å². The van der Waals surface area contributed by atoms with Crippen molar-refractivity contribution in [3.05, 3.63) is 42.3 Å². The maximum Gasteiger partial charge on any atom is 0.331 e. The summed E-state index contributed by atoms with van der Waals surface area (Å²) >= 11 is 0. The van der Waals surface area contributed by atoms with E-state index in [0.717, 1.165) is 0 Å². The molecular weight excluding hydrogens is 160 g/mol. The van der Waals surface area contributed by atoms with E-state index in [-0.39, 0.29) is 0 Å². The molecule has 3 heteroatoms. The highest BCUT2D eigenvalue weighted by Gasteiger charge is 2.23. The van der Waals surface area contributed by atoms with Crippen LogP contribution < -0.4 is 0 Å². The summed E-state index contributed by atoms with van der Waals surface area (Å²) in [7, 11) is 0. The van der Waals surface area contributed by atoms with Crippen LogP contribution in [0.2, 0.25) is 0 Å². The Kier molecular flexibility index (Phi) is 2.76. The molecule has 0 heterocycles. The minimum absolute atomic E-state index is 0.333. The molecule has 0 bridgehead atoms. The largest absolute Gasteiger partial charge is 0.331 e. The Labute approximate surface area is 69.2 Å². The predicted molar refractivity (Wildman–Crippen MR) is 40.3 cm³/mol.